The molecule has 2 aromatic carbocycles. The third-order valence-corrected chi connectivity index (χ3v) is 3.81. The van der Waals surface area contributed by atoms with Crippen molar-refractivity contribution in [2.24, 2.45) is 0 Å². The van der Waals surface area contributed by atoms with E-state index in [1.807, 2.05) is 30.3 Å². The predicted molar refractivity (Wildman–Crippen MR) is 97.3 cm³/mol. The molecule has 0 radical (unpaired) electrons. The number of anilines is 1. The highest BCUT2D eigenvalue weighted by molar-refractivity contribution is 6.02. The van der Waals surface area contributed by atoms with Crippen LogP contribution in [0.5, 0.6) is 0 Å². The largest absolute Gasteiger partial charge is 0.334 e. The van der Waals surface area contributed by atoms with Crippen molar-refractivity contribution in [3.8, 4) is 22.8 Å². The van der Waals surface area contributed by atoms with E-state index in [0.29, 0.717) is 11.6 Å². The van der Waals surface area contributed by atoms with Crippen molar-refractivity contribution in [2.45, 2.75) is 0 Å². The third kappa shape index (κ3) is 3.57. The minimum Gasteiger partial charge on any atom is -0.334 e. The maximum atomic E-state index is 14.5. The molecular weight excluding hydrogens is 347 g/mol. The van der Waals surface area contributed by atoms with Crippen LogP contribution in [0.2, 0.25) is 0 Å². The first kappa shape index (κ1) is 16.6. The molecule has 0 bridgehead atoms. The lowest BCUT2D eigenvalue weighted by Gasteiger charge is -2.06. The zero-order valence-corrected chi connectivity index (χ0v) is 14.0. The third-order valence-electron chi connectivity index (χ3n) is 3.81. The molecule has 4 rings (SSSR count). The summed E-state index contributed by atoms with van der Waals surface area (Å²) >= 11 is 0. The number of hydrogen-bond donors (Lipinski definition) is 1. The molecule has 0 aliphatic carbocycles. The molecule has 27 heavy (non-hydrogen) atoms. The Kier molecular flexibility index (Phi) is 4.40. The minimum atomic E-state index is -0.575. The first-order valence-electron chi connectivity index (χ1n) is 8.12. The Hall–Kier alpha value is -3.87. The number of hydrogen-bond acceptors (Lipinski definition) is 5. The van der Waals surface area contributed by atoms with Crippen LogP contribution < -0.4 is 5.32 Å². The zero-order chi connectivity index (χ0) is 18.6. The summed E-state index contributed by atoms with van der Waals surface area (Å²) in [4.78, 5) is 20.3. The van der Waals surface area contributed by atoms with Gasteiger partial charge in [0.1, 0.15) is 11.5 Å². The molecule has 0 aliphatic heterocycles. The standard InChI is InChI=1S/C20H13FN4O2/c21-16-12-14(23-19(26)17-8-4-5-11-22-17)9-10-15(16)18-24-20(27-25-18)13-6-2-1-3-7-13/h1-12H,(H,23,26). The van der Waals surface area contributed by atoms with Crippen LogP contribution in [-0.2, 0) is 0 Å². The molecule has 7 heteroatoms. The second-order valence-corrected chi connectivity index (χ2v) is 5.65. The van der Waals surface area contributed by atoms with Gasteiger partial charge in [-0.2, -0.15) is 4.98 Å². The monoisotopic (exact) mass is 360 g/mol. The molecular formula is C20H13FN4O2. The fourth-order valence-corrected chi connectivity index (χ4v) is 2.50. The van der Waals surface area contributed by atoms with Gasteiger partial charge in [-0.1, -0.05) is 29.4 Å². The van der Waals surface area contributed by atoms with Crippen LogP contribution in [0.1, 0.15) is 10.5 Å². The van der Waals surface area contributed by atoms with Crippen molar-refractivity contribution >= 4 is 11.6 Å². The van der Waals surface area contributed by atoms with E-state index in [1.54, 1.807) is 24.3 Å². The quantitative estimate of drug-likeness (QED) is 0.590. The van der Waals surface area contributed by atoms with Gasteiger partial charge in [0.05, 0.1) is 5.56 Å². The first-order valence-corrected chi connectivity index (χ1v) is 8.12. The number of halogens is 1. The molecule has 6 nitrogen and oxygen atoms in total. The molecule has 2 aromatic heterocycles. The number of benzene rings is 2. The summed E-state index contributed by atoms with van der Waals surface area (Å²) in [7, 11) is 0. The molecule has 132 valence electrons. The number of nitrogens with one attached hydrogen (secondary N) is 1. The van der Waals surface area contributed by atoms with Crippen LogP contribution in [-0.4, -0.2) is 21.0 Å². The topological polar surface area (TPSA) is 80.9 Å². The first-order chi connectivity index (χ1) is 13.2. The van der Waals surface area contributed by atoms with Crippen molar-refractivity contribution in [3.05, 3.63) is 84.4 Å². The van der Waals surface area contributed by atoms with Crippen LogP contribution in [0.4, 0.5) is 10.1 Å². The van der Waals surface area contributed by atoms with Gasteiger partial charge in [-0.15, -0.1) is 0 Å². The number of aromatic nitrogens is 3. The summed E-state index contributed by atoms with van der Waals surface area (Å²) in [5, 5.41) is 6.44. The number of nitrogens with zero attached hydrogens (tertiary/aromatic N) is 3. The van der Waals surface area contributed by atoms with Crippen LogP contribution in [0.15, 0.2) is 77.4 Å². The van der Waals surface area contributed by atoms with E-state index in [0.717, 1.165) is 5.56 Å². The summed E-state index contributed by atoms with van der Waals surface area (Å²) in [5.74, 6) is -0.561. The van der Waals surface area contributed by atoms with Crippen molar-refractivity contribution in [3.63, 3.8) is 0 Å². The lowest BCUT2D eigenvalue weighted by molar-refractivity contribution is 0.102. The summed E-state index contributed by atoms with van der Waals surface area (Å²) < 4.78 is 19.7. The number of carbonyl (C=O) groups excluding carboxylic acids is 1. The fourth-order valence-electron chi connectivity index (χ4n) is 2.50. The molecule has 1 N–H and O–H groups in total. The van der Waals surface area contributed by atoms with Gasteiger partial charge >= 0.3 is 0 Å². The molecule has 0 saturated heterocycles. The van der Waals surface area contributed by atoms with E-state index in [-0.39, 0.29) is 17.1 Å². The fraction of sp³-hybridized carbons (Fsp3) is 0. The van der Waals surface area contributed by atoms with E-state index >= 15 is 0 Å². The molecule has 0 aliphatic rings. The molecule has 0 unspecified atom stereocenters. The molecule has 1 amide bonds. The summed E-state index contributed by atoms with van der Waals surface area (Å²) in [6.45, 7) is 0. The van der Waals surface area contributed by atoms with Crippen LogP contribution in [0, 0.1) is 5.82 Å². The Labute approximate surface area is 153 Å². The van der Waals surface area contributed by atoms with Gasteiger partial charge in [-0.3, -0.25) is 9.78 Å². The highest BCUT2D eigenvalue weighted by Crippen LogP contribution is 2.26. The molecule has 2 heterocycles. The van der Waals surface area contributed by atoms with Crippen LogP contribution in [0.3, 0.4) is 0 Å². The smallest absolute Gasteiger partial charge is 0.274 e. The molecule has 0 fully saturated rings. The average molecular weight is 360 g/mol. The van der Waals surface area contributed by atoms with Gasteiger partial charge < -0.3 is 9.84 Å². The van der Waals surface area contributed by atoms with Gasteiger partial charge in [0.15, 0.2) is 0 Å². The maximum Gasteiger partial charge on any atom is 0.274 e. The van der Waals surface area contributed by atoms with Gasteiger partial charge in [0.2, 0.25) is 5.82 Å². The van der Waals surface area contributed by atoms with Gasteiger partial charge in [-0.05, 0) is 42.5 Å². The number of pyridine rings is 1. The van der Waals surface area contributed by atoms with E-state index in [9.17, 15) is 9.18 Å². The molecule has 4 aromatic rings. The van der Waals surface area contributed by atoms with Crippen molar-refractivity contribution in [2.75, 3.05) is 5.32 Å². The lowest BCUT2D eigenvalue weighted by atomic mass is 10.1. The second-order valence-electron chi connectivity index (χ2n) is 5.65. The van der Waals surface area contributed by atoms with Crippen molar-refractivity contribution in [1.82, 2.24) is 15.1 Å². The van der Waals surface area contributed by atoms with Gasteiger partial charge in [-0.25, -0.2) is 4.39 Å². The van der Waals surface area contributed by atoms with Gasteiger partial charge in [0, 0.05) is 17.4 Å². The normalized spacial score (nSPS) is 10.6. The van der Waals surface area contributed by atoms with Crippen molar-refractivity contribution in [1.29, 1.82) is 0 Å². The highest BCUT2D eigenvalue weighted by Gasteiger charge is 2.15. The summed E-state index contributed by atoms with van der Waals surface area (Å²) in [6.07, 6.45) is 1.51. The van der Waals surface area contributed by atoms with Crippen LogP contribution >= 0.6 is 0 Å². The number of carbonyl (C=O) groups is 1. The van der Waals surface area contributed by atoms with E-state index in [1.165, 1.54) is 18.3 Å². The maximum absolute atomic E-state index is 14.5. The SMILES string of the molecule is O=C(Nc1ccc(-c2noc(-c3ccccc3)n2)c(F)c1)c1ccccn1. The average Bonchev–Trinajstić information content (AvgIpc) is 3.19. The van der Waals surface area contributed by atoms with E-state index < -0.39 is 11.7 Å². The Morgan fingerprint density at radius 1 is 1.00 bits per heavy atom. The Balaban J connectivity index is 1.56. The minimum absolute atomic E-state index is 0.133. The Morgan fingerprint density at radius 3 is 2.56 bits per heavy atom. The number of amides is 1. The molecule has 0 spiro atoms. The van der Waals surface area contributed by atoms with Gasteiger partial charge in [0.25, 0.3) is 11.8 Å². The van der Waals surface area contributed by atoms with Crippen molar-refractivity contribution < 1.29 is 13.7 Å². The summed E-state index contributed by atoms with van der Waals surface area (Å²) in [6, 6.07) is 18.5. The van der Waals surface area contributed by atoms with E-state index in [2.05, 4.69) is 20.4 Å². The summed E-state index contributed by atoms with van der Waals surface area (Å²) in [5.41, 5.74) is 1.47. The lowest BCUT2D eigenvalue weighted by Crippen LogP contribution is -2.13. The Morgan fingerprint density at radius 2 is 1.81 bits per heavy atom. The predicted octanol–water partition coefficient (Wildman–Crippen LogP) is 4.19. The van der Waals surface area contributed by atoms with E-state index in [4.69, 9.17) is 4.52 Å². The second kappa shape index (κ2) is 7.17. The highest BCUT2D eigenvalue weighted by atomic mass is 19.1. The van der Waals surface area contributed by atoms with Crippen LogP contribution in [0.25, 0.3) is 22.8 Å². The zero-order valence-electron chi connectivity index (χ0n) is 14.0. The molecule has 0 saturated carbocycles. The molecule has 0 atom stereocenters. The number of rotatable bonds is 4. The Bertz CT molecular complexity index is 1080.